The van der Waals surface area contributed by atoms with Gasteiger partial charge in [0.2, 0.25) is 5.91 Å². The summed E-state index contributed by atoms with van der Waals surface area (Å²) >= 11 is 0. The lowest BCUT2D eigenvalue weighted by Crippen LogP contribution is -2.43. The van der Waals surface area contributed by atoms with Gasteiger partial charge < -0.3 is 20.7 Å². The summed E-state index contributed by atoms with van der Waals surface area (Å²) in [5.41, 5.74) is 0. The van der Waals surface area contributed by atoms with Crippen molar-refractivity contribution in [1.82, 2.24) is 16.0 Å². The molecule has 24 heavy (non-hydrogen) atoms. The number of guanidine groups is 1. The molecule has 0 aromatic carbocycles. The molecule has 0 aromatic rings. The van der Waals surface area contributed by atoms with Gasteiger partial charge in [-0.05, 0) is 25.2 Å². The maximum atomic E-state index is 12.0. The van der Waals surface area contributed by atoms with Crippen LogP contribution < -0.4 is 16.0 Å². The van der Waals surface area contributed by atoms with E-state index in [1.807, 2.05) is 0 Å². The zero-order valence-electron chi connectivity index (χ0n) is 15.7. The summed E-state index contributed by atoms with van der Waals surface area (Å²) in [6, 6.07) is 0. The number of hydrogen-bond donors (Lipinski definition) is 3. The summed E-state index contributed by atoms with van der Waals surface area (Å²) in [5.74, 6) is 1.78. The fraction of sp³-hybridized carbons (Fsp3) is 0.889. The zero-order chi connectivity index (χ0) is 17.6. The van der Waals surface area contributed by atoms with Crippen LogP contribution in [0.2, 0.25) is 0 Å². The van der Waals surface area contributed by atoms with E-state index in [1.54, 1.807) is 7.05 Å². The van der Waals surface area contributed by atoms with Crippen molar-refractivity contribution in [3.05, 3.63) is 0 Å². The Hall–Kier alpha value is -1.30. The van der Waals surface area contributed by atoms with E-state index in [2.05, 4.69) is 34.8 Å². The first-order valence-corrected chi connectivity index (χ1v) is 9.43. The third kappa shape index (κ3) is 9.75. The fourth-order valence-electron chi connectivity index (χ4n) is 2.80. The fourth-order valence-corrected chi connectivity index (χ4v) is 2.80. The van der Waals surface area contributed by atoms with Gasteiger partial charge in [-0.15, -0.1) is 0 Å². The molecule has 0 aliphatic heterocycles. The lowest BCUT2D eigenvalue weighted by molar-refractivity contribution is -0.125. The van der Waals surface area contributed by atoms with Crippen LogP contribution in [-0.4, -0.2) is 51.8 Å². The van der Waals surface area contributed by atoms with Gasteiger partial charge in [0.15, 0.2) is 5.96 Å². The van der Waals surface area contributed by atoms with E-state index in [4.69, 9.17) is 4.74 Å². The molecule has 1 amide bonds. The minimum absolute atomic E-state index is 0.210. The molecule has 1 aliphatic carbocycles. The molecule has 0 spiro atoms. The standard InChI is InChI=1S/C18H36N4O2/c1-15(2)14-24-13-7-10-21-18(19-3)22-12-11-20-17(23)16-8-5-4-6-9-16/h15-16H,4-14H2,1-3H3,(H,20,23)(H2,19,21,22). The van der Waals surface area contributed by atoms with Gasteiger partial charge in [0, 0.05) is 45.8 Å². The molecule has 1 saturated carbocycles. The Morgan fingerprint density at radius 2 is 1.75 bits per heavy atom. The maximum Gasteiger partial charge on any atom is 0.223 e. The summed E-state index contributed by atoms with van der Waals surface area (Å²) in [6.45, 7) is 8.02. The van der Waals surface area contributed by atoms with Crippen molar-refractivity contribution < 1.29 is 9.53 Å². The van der Waals surface area contributed by atoms with Crippen molar-refractivity contribution in [2.24, 2.45) is 16.8 Å². The highest BCUT2D eigenvalue weighted by Crippen LogP contribution is 2.23. The van der Waals surface area contributed by atoms with Gasteiger partial charge in [-0.25, -0.2) is 0 Å². The Balaban J connectivity index is 2.02. The van der Waals surface area contributed by atoms with Crippen LogP contribution in [0, 0.1) is 11.8 Å². The van der Waals surface area contributed by atoms with E-state index < -0.39 is 0 Å². The Kier molecular flexibility index (Phi) is 11.3. The smallest absolute Gasteiger partial charge is 0.223 e. The SMILES string of the molecule is CN=C(NCCCOCC(C)C)NCCNC(=O)C1CCCCC1. The number of ether oxygens (including phenoxy) is 1. The summed E-state index contributed by atoms with van der Waals surface area (Å²) < 4.78 is 5.55. The molecule has 3 N–H and O–H groups in total. The Labute approximate surface area is 147 Å². The largest absolute Gasteiger partial charge is 0.381 e. The number of amides is 1. The minimum atomic E-state index is 0.210. The first-order chi connectivity index (χ1) is 11.6. The molecule has 140 valence electrons. The van der Waals surface area contributed by atoms with Crippen molar-refractivity contribution in [3.8, 4) is 0 Å². The molecule has 0 unspecified atom stereocenters. The highest BCUT2D eigenvalue weighted by atomic mass is 16.5. The molecule has 0 radical (unpaired) electrons. The first kappa shape index (κ1) is 20.7. The van der Waals surface area contributed by atoms with Gasteiger partial charge in [-0.2, -0.15) is 0 Å². The maximum absolute atomic E-state index is 12.0. The average molecular weight is 341 g/mol. The zero-order valence-corrected chi connectivity index (χ0v) is 15.7. The number of rotatable bonds is 10. The van der Waals surface area contributed by atoms with Crippen LogP contribution in [0.3, 0.4) is 0 Å². The van der Waals surface area contributed by atoms with Crippen LogP contribution in [0.1, 0.15) is 52.4 Å². The van der Waals surface area contributed by atoms with Crippen LogP contribution >= 0.6 is 0 Å². The van der Waals surface area contributed by atoms with E-state index in [9.17, 15) is 4.79 Å². The van der Waals surface area contributed by atoms with Crippen LogP contribution in [0.15, 0.2) is 4.99 Å². The summed E-state index contributed by atoms with van der Waals surface area (Å²) in [7, 11) is 1.76. The van der Waals surface area contributed by atoms with E-state index in [1.165, 1.54) is 19.3 Å². The molecule has 1 fully saturated rings. The topological polar surface area (TPSA) is 74.8 Å². The highest BCUT2D eigenvalue weighted by molar-refractivity contribution is 5.80. The van der Waals surface area contributed by atoms with Gasteiger partial charge in [-0.3, -0.25) is 9.79 Å². The average Bonchev–Trinajstić information content (AvgIpc) is 2.60. The second kappa shape index (κ2) is 13.0. The molecule has 0 aromatic heterocycles. The van der Waals surface area contributed by atoms with Crippen LogP contribution in [-0.2, 0) is 9.53 Å². The molecule has 0 saturated heterocycles. The van der Waals surface area contributed by atoms with Gasteiger partial charge in [-0.1, -0.05) is 33.1 Å². The van der Waals surface area contributed by atoms with Crippen molar-refractivity contribution >= 4 is 11.9 Å². The van der Waals surface area contributed by atoms with Crippen LogP contribution in [0.5, 0.6) is 0 Å². The summed E-state index contributed by atoms with van der Waals surface area (Å²) in [4.78, 5) is 16.2. The van der Waals surface area contributed by atoms with Crippen molar-refractivity contribution in [2.45, 2.75) is 52.4 Å². The van der Waals surface area contributed by atoms with E-state index in [0.29, 0.717) is 19.0 Å². The van der Waals surface area contributed by atoms with Crippen LogP contribution in [0.25, 0.3) is 0 Å². The Morgan fingerprint density at radius 1 is 1.08 bits per heavy atom. The van der Waals surface area contributed by atoms with E-state index >= 15 is 0 Å². The number of nitrogens with one attached hydrogen (secondary N) is 3. The Morgan fingerprint density at radius 3 is 2.42 bits per heavy atom. The molecule has 1 rings (SSSR count). The molecular formula is C18H36N4O2. The lowest BCUT2D eigenvalue weighted by Gasteiger charge is -2.21. The number of aliphatic imine (C=N–C) groups is 1. The van der Waals surface area contributed by atoms with Gasteiger partial charge >= 0.3 is 0 Å². The molecule has 6 heteroatoms. The van der Waals surface area contributed by atoms with E-state index in [-0.39, 0.29) is 11.8 Å². The normalized spacial score (nSPS) is 16.2. The Bertz CT molecular complexity index is 366. The molecule has 0 heterocycles. The molecular weight excluding hydrogens is 304 g/mol. The predicted molar refractivity (Wildman–Crippen MR) is 99.2 cm³/mol. The lowest BCUT2D eigenvalue weighted by atomic mass is 9.89. The molecule has 6 nitrogen and oxygen atoms in total. The third-order valence-corrected chi connectivity index (χ3v) is 4.13. The van der Waals surface area contributed by atoms with Gasteiger partial charge in [0.1, 0.15) is 0 Å². The monoisotopic (exact) mass is 340 g/mol. The van der Waals surface area contributed by atoms with Crippen molar-refractivity contribution in [2.75, 3.05) is 39.9 Å². The quantitative estimate of drug-likeness (QED) is 0.323. The highest BCUT2D eigenvalue weighted by Gasteiger charge is 2.20. The minimum Gasteiger partial charge on any atom is -0.381 e. The predicted octanol–water partition coefficient (Wildman–Crippen LogP) is 1.91. The van der Waals surface area contributed by atoms with Crippen LogP contribution in [0.4, 0.5) is 0 Å². The van der Waals surface area contributed by atoms with Gasteiger partial charge in [0.25, 0.3) is 0 Å². The summed E-state index contributed by atoms with van der Waals surface area (Å²) in [6.07, 6.45) is 6.69. The van der Waals surface area contributed by atoms with E-state index in [0.717, 1.165) is 45.0 Å². The number of carbonyl (C=O) groups is 1. The van der Waals surface area contributed by atoms with Gasteiger partial charge in [0.05, 0.1) is 0 Å². The van der Waals surface area contributed by atoms with Crippen molar-refractivity contribution in [1.29, 1.82) is 0 Å². The molecule has 0 bridgehead atoms. The first-order valence-electron chi connectivity index (χ1n) is 9.43. The number of nitrogens with zero attached hydrogens (tertiary/aromatic N) is 1. The third-order valence-electron chi connectivity index (χ3n) is 4.13. The number of hydrogen-bond acceptors (Lipinski definition) is 3. The van der Waals surface area contributed by atoms with Crippen molar-refractivity contribution in [3.63, 3.8) is 0 Å². The molecule has 0 atom stereocenters. The second-order valence-electron chi connectivity index (χ2n) is 6.87. The number of carbonyl (C=O) groups excluding carboxylic acids is 1. The summed E-state index contributed by atoms with van der Waals surface area (Å²) in [5, 5.41) is 9.50. The molecule has 1 aliphatic rings. The second-order valence-corrected chi connectivity index (χ2v) is 6.87.